The Labute approximate surface area is 230 Å². The lowest BCUT2D eigenvalue weighted by Gasteiger charge is -2.33. The fourth-order valence-electron chi connectivity index (χ4n) is 6.09. The maximum absolute atomic E-state index is 13.6. The zero-order valence-corrected chi connectivity index (χ0v) is 25.3. The molecule has 0 saturated carbocycles. The molecule has 0 bridgehead atoms. The summed E-state index contributed by atoms with van der Waals surface area (Å²) in [6, 6.07) is 2.11. The summed E-state index contributed by atoms with van der Waals surface area (Å²) in [5.74, 6) is 0.265. The van der Waals surface area contributed by atoms with Gasteiger partial charge in [0.15, 0.2) is 5.78 Å². The first-order chi connectivity index (χ1) is 17.7. The van der Waals surface area contributed by atoms with Crippen LogP contribution in [0.25, 0.3) is 0 Å². The summed E-state index contributed by atoms with van der Waals surface area (Å²) in [6.07, 6.45) is 4.87. The number of rotatable bonds is 13. The molecule has 0 spiro atoms. The Morgan fingerprint density at radius 1 is 1.11 bits per heavy atom. The van der Waals surface area contributed by atoms with Crippen molar-refractivity contribution >= 4 is 23.3 Å². The van der Waals surface area contributed by atoms with E-state index in [2.05, 4.69) is 26.8 Å². The third-order valence-corrected chi connectivity index (χ3v) is 7.85. The minimum absolute atomic E-state index is 0.00279. The second-order valence-electron chi connectivity index (χ2n) is 13.0. The topological polar surface area (TPSA) is 77.5 Å². The summed E-state index contributed by atoms with van der Waals surface area (Å²) in [5.41, 5.74) is 4.71. The second-order valence-corrected chi connectivity index (χ2v) is 13.0. The van der Waals surface area contributed by atoms with Gasteiger partial charge in [-0.15, -0.1) is 0 Å². The van der Waals surface area contributed by atoms with Crippen molar-refractivity contribution in [3.8, 4) is 0 Å². The number of carbonyl (C=O) groups excluding carboxylic acids is 4. The molecule has 0 fully saturated rings. The van der Waals surface area contributed by atoms with Crippen LogP contribution in [-0.4, -0.2) is 29.9 Å². The van der Waals surface area contributed by atoms with E-state index in [1.54, 1.807) is 0 Å². The standard InChI is InChI=1S/C33H50O5/c1-10-12-24(26(11-2)29(35)13-21(5)34)14-23-15-28-27(20(3)4)17-25(22(6)32(28)30(36)16-23)18-31(37)38-19-33(7,8)9/h17,20,23-24,26H,10-16,18-19H2,1-9H3. The summed E-state index contributed by atoms with van der Waals surface area (Å²) in [7, 11) is 0. The van der Waals surface area contributed by atoms with E-state index in [9.17, 15) is 19.2 Å². The molecule has 0 radical (unpaired) electrons. The molecule has 1 aromatic rings. The van der Waals surface area contributed by atoms with Gasteiger partial charge in [0, 0.05) is 17.9 Å². The van der Waals surface area contributed by atoms with Crippen molar-refractivity contribution in [3.05, 3.63) is 33.9 Å². The number of ketones is 3. The molecule has 5 nitrogen and oxygen atoms in total. The van der Waals surface area contributed by atoms with Crippen LogP contribution in [0.5, 0.6) is 0 Å². The quantitative estimate of drug-likeness (QED) is 0.198. The summed E-state index contributed by atoms with van der Waals surface area (Å²) >= 11 is 0. The Morgan fingerprint density at radius 3 is 2.29 bits per heavy atom. The minimum atomic E-state index is -0.262. The molecule has 0 heterocycles. The van der Waals surface area contributed by atoms with Gasteiger partial charge in [-0.1, -0.05) is 67.4 Å². The zero-order chi connectivity index (χ0) is 28.8. The van der Waals surface area contributed by atoms with Crippen LogP contribution in [0, 0.1) is 30.1 Å². The maximum atomic E-state index is 13.6. The molecule has 3 unspecified atom stereocenters. The van der Waals surface area contributed by atoms with Gasteiger partial charge in [-0.25, -0.2) is 0 Å². The van der Waals surface area contributed by atoms with Crippen LogP contribution >= 0.6 is 0 Å². The first kappa shape index (κ1) is 31.9. The van der Waals surface area contributed by atoms with Crippen molar-refractivity contribution in [1.82, 2.24) is 0 Å². The van der Waals surface area contributed by atoms with Crippen molar-refractivity contribution in [2.24, 2.45) is 23.2 Å². The number of carbonyl (C=O) groups is 4. The first-order valence-electron chi connectivity index (χ1n) is 14.5. The number of ether oxygens (including phenoxy) is 1. The van der Waals surface area contributed by atoms with E-state index in [1.807, 2.05) is 34.6 Å². The Hall–Kier alpha value is -2.30. The third-order valence-electron chi connectivity index (χ3n) is 7.85. The van der Waals surface area contributed by atoms with Crippen LogP contribution in [0.2, 0.25) is 0 Å². The minimum Gasteiger partial charge on any atom is -0.465 e. The highest BCUT2D eigenvalue weighted by Gasteiger charge is 2.35. The largest absolute Gasteiger partial charge is 0.465 e. The fraction of sp³-hybridized carbons (Fsp3) is 0.697. The van der Waals surface area contributed by atoms with Gasteiger partial charge in [0.2, 0.25) is 0 Å². The summed E-state index contributed by atoms with van der Waals surface area (Å²) in [6.45, 7) is 18.3. The van der Waals surface area contributed by atoms with Gasteiger partial charge in [0.25, 0.3) is 0 Å². The molecular formula is C33H50O5. The molecule has 3 atom stereocenters. The Balaban J connectivity index is 2.35. The van der Waals surface area contributed by atoms with Crippen molar-refractivity contribution in [3.63, 3.8) is 0 Å². The van der Waals surface area contributed by atoms with E-state index in [0.717, 1.165) is 59.9 Å². The number of Topliss-reactive ketones (excluding diaryl/α,β-unsaturated/α-hetero) is 3. The molecular weight excluding hydrogens is 476 g/mol. The number of hydrogen-bond acceptors (Lipinski definition) is 5. The van der Waals surface area contributed by atoms with Gasteiger partial charge in [-0.05, 0) is 78.5 Å². The summed E-state index contributed by atoms with van der Waals surface area (Å²) in [5, 5.41) is 0. The van der Waals surface area contributed by atoms with E-state index in [0.29, 0.717) is 13.0 Å². The smallest absolute Gasteiger partial charge is 0.310 e. The van der Waals surface area contributed by atoms with Crippen LogP contribution in [-0.2, 0) is 32.0 Å². The van der Waals surface area contributed by atoms with Gasteiger partial charge in [-0.2, -0.15) is 0 Å². The van der Waals surface area contributed by atoms with E-state index in [4.69, 9.17) is 4.74 Å². The highest BCUT2D eigenvalue weighted by atomic mass is 16.5. The van der Waals surface area contributed by atoms with E-state index < -0.39 is 0 Å². The Morgan fingerprint density at radius 2 is 1.76 bits per heavy atom. The highest BCUT2D eigenvalue weighted by Crippen LogP contribution is 2.40. The average molecular weight is 527 g/mol. The second kappa shape index (κ2) is 13.7. The molecule has 2 rings (SSSR count). The van der Waals surface area contributed by atoms with Crippen molar-refractivity contribution < 1.29 is 23.9 Å². The van der Waals surface area contributed by atoms with Gasteiger partial charge >= 0.3 is 5.97 Å². The average Bonchev–Trinajstić information content (AvgIpc) is 2.78. The first-order valence-corrected chi connectivity index (χ1v) is 14.5. The molecule has 0 saturated heterocycles. The number of esters is 1. The molecule has 0 aromatic heterocycles. The number of benzene rings is 1. The molecule has 212 valence electrons. The highest BCUT2D eigenvalue weighted by molar-refractivity contribution is 6.01. The van der Waals surface area contributed by atoms with E-state index in [-0.39, 0.29) is 65.2 Å². The Kier molecular flexibility index (Phi) is 11.5. The fourth-order valence-corrected chi connectivity index (χ4v) is 6.09. The molecule has 0 N–H and O–H groups in total. The van der Waals surface area contributed by atoms with Gasteiger partial charge < -0.3 is 4.74 Å². The molecule has 1 aliphatic carbocycles. The summed E-state index contributed by atoms with van der Waals surface area (Å²) in [4.78, 5) is 50.8. The molecule has 0 amide bonds. The van der Waals surface area contributed by atoms with Gasteiger partial charge in [-0.3, -0.25) is 19.2 Å². The number of hydrogen-bond donors (Lipinski definition) is 0. The van der Waals surface area contributed by atoms with Gasteiger partial charge in [0.05, 0.1) is 19.4 Å². The van der Waals surface area contributed by atoms with E-state index >= 15 is 0 Å². The van der Waals surface area contributed by atoms with Crippen LogP contribution in [0.3, 0.4) is 0 Å². The monoisotopic (exact) mass is 526 g/mol. The van der Waals surface area contributed by atoms with Crippen molar-refractivity contribution in [2.45, 2.75) is 120 Å². The molecule has 38 heavy (non-hydrogen) atoms. The lowest BCUT2D eigenvalue weighted by atomic mass is 9.70. The van der Waals surface area contributed by atoms with Crippen LogP contribution in [0.15, 0.2) is 6.07 Å². The zero-order valence-electron chi connectivity index (χ0n) is 25.3. The predicted octanol–water partition coefficient (Wildman–Crippen LogP) is 7.38. The lowest BCUT2D eigenvalue weighted by Crippen LogP contribution is -2.30. The summed E-state index contributed by atoms with van der Waals surface area (Å²) < 4.78 is 5.52. The van der Waals surface area contributed by atoms with Crippen LogP contribution in [0.4, 0.5) is 0 Å². The predicted molar refractivity (Wildman–Crippen MR) is 153 cm³/mol. The lowest BCUT2D eigenvalue weighted by molar-refractivity contribution is -0.145. The van der Waals surface area contributed by atoms with Crippen LogP contribution in [0.1, 0.15) is 132 Å². The molecule has 5 heteroatoms. The van der Waals surface area contributed by atoms with Crippen LogP contribution < -0.4 is 0 Å². The maximum Gasteiger partial charge on any atom is 0.310 e. The van der Waals surface area contributed by atoms with E-state index in [1.165, 1.54) is 6.92 Å². The molecule has 1 aromatic carbocycles. The Bertz CT molecular complexity index is 1030. The SMILES string of the molecule is CCCC(CC1CC(=O)c2c(C)c(CC(=O)OCC(C)(C)C)cc(C(C)C)c2C1)C(CC)C(=O)CC(C)=O. The number of fused-ring (bicyclic) bond motifs is 1. The molecule has 1 aliphatic rings. The van der Waals surface area contributed by atoms with Gasteiger partial charge in [0.1, 0.15) is 11.6 Å². The molecule has 0 aliphatic heterocycles. The van der Waals surface area contributed by atoms with Crippen molar-refractivity contribution in [1.29, 1.82) is 0 Å². The third kappa shape index (κ3) is 8.61. The normalized spacial score (nSPS) is 17.2. The van der Waals surface area contributed by atoms with Crippen molar-refractivity contribution in [2.75, 3.05) is 6.61 Å².